The smallest absolute Gasteiger partial charge is 0.331 e. The van der Waals surface area contributed by atoms with Gasteiger partial charge in [-0.3, -0.25) is 19.0 Å². The molecule has 0 atom stereocenters. The van der Waals surface area contributed by atoms with Gasteiger partial charge in [0, 0.05) is 13.2 Å². The molecule has 0 fully saturated rings. The highest BCUT2D eigenvalue weighted by molar-refractivity contribution is 5.12. The van der Waals surface area contributed by atoms with Gasteiger partial charge in [0.05, 0.1) is 12.2 Å². The Bertz CT molecular complexity index is 670. The third kappa shape index (κ3) is 1.96. The van der Waals surface area contributed by atoms with Crippen LogP contribution in [0.4, 0.5) is 4.39 Å². The lowest BCUT2D eigenvalue weighted by molar-refractivity contribution is 0.366. The fourth-order valence-electron chi connectivity index (χ4n) is 1.39. The van der Waals surface area contributed by atoms with Gasteiger partial charge >= 0.3 is 5.69 Å². The van der Waals surface area contributed by atoms with Gasteiger partial charge < -0.3 is 5.11 Å². The molecule has 0 spiro atoms. The quantitative estimate of drug-likeness (QED) is 0.716. The van der Waals surface area contributed by atoms with Gasteiger partial charge in [0.1, 0.15) is 0 Å². The Morgan fingerprint density at radius 2 is 2.24 bits per heavy atom. The Hall–Kier alpha value is -2.38. The van der Waals surface area contributed by atoms with Gasteiger partial charge in [-0.15, -0.1) is 0 Å². The molecule has 0 aliphatic heterocycles. The van der Waals surface area contributed by atoms with E-state index >= 15 is 0 Å². The molecule has 7 nitrogen and oxygen atoms in total. The fourth-order valence-corrected chi connectivity index (χ4v) is 1.39. The number of hydrogen-bond acceptors (Lipinski definition) is 4. The van der Waals surface area contributed by atoms with Crippen molar-refractivity contribution < 1.29 is 9.50 Å². The maximum atomic E-state index is 13.1. The van der Waals surface area contributed by atoms with E-state index in [1.54, 1.807) is 24.3 Å². The van der Waals surface area contributed by atoms with E-state index in [1.807, 2.05) is 0 Å². The predicted octanol–water partition coefficient (Wildman–Crippen LogP) is -0.837. The first-order valence-corrected chi connectivity index (χ1v) is 4.69. The summed E-state index contributed by atoms with van der Waals surface area (Å²) >= 11 is 0. The Balaban J connectivity index is 2.50. The van der Waals surface area contributed by atoms with Crippen LogP contribution in [0.5, 0.6) is 5.88 Å². The lowest BCUT2D eigenvalue weighted by atomic mass is 10.4. The van der Waals surface area contributed by atoms with Crippen LogP contribution in [0.2, 0.25) is 0 Å². The predicted molar refractivity (Wildman–Crippen MR) is 55.3 cm³/mol. The van der Waals surface area contributed by atoms with Crippen molar-refractivity contribution in [1.82, 2.24) is 19.3 Å². The van der Waals surface area contributed by atoms with Crippen LogP contribution in [-0.4, -0.2) is 24.4 Å². The van der Waals surface area contributed by atoms with Gasteiger partial charge in [-0.25, -0.2) is 4.79 Å². The van der Waals surface area contributed by atoms with Crippen LogP contribution in [0.25, 0.3) is 0 Å². The molecule has 0 aliphatic rings. The number of hydrogen-bond donors (Lipinski definition) is 2. The average Bonchev–Trinajstić information content (AvgIpc) is 2.67. The third-order valence-corrected chi connectivity index (χ3v) is 2.21. The minimum atomic E-state index is -1.39. The lowest BCUT2D eigenvalue weighted by Gasteiger charge is -2.05. The Labute approximate surface area is 93.8 Å². The number of rotatable bonds is 2. The second-order valence-electron chi connectivity index (χ2n) is 3.46. The van der Waals surface area contributed by atoms with Gasteiger partial charge in [0.25, 0.3) is 5.56 Å². The van der Waals surface area contributed by atoms with Crippen LogP contribution in [-0.2, 0) is 13.6 Å². The summed E-state index contributed by atoms with van der Waals surface area (Å²) in [5.41, 5.74) is -1.68. The van der Waals surface area contributed by atoms with Crippen molar-refractivity contribution in [2.75, 3.05) is 0 Å². The van der Waals surface area contributed by atoms with E-state index in [0.29, 0.717) is 10.3 Å². The topological polar surface area (TPSA) is 92.9 Å². The molecule has 8 heteroatoms. The summed E-state index contributed by atoms with van der Waals surface area (Å²) in [5, 5.41) is 13.3. The number of aromatic hydroxyl groups is 1. The first-order chi connectivity index (χ1) is 7.99. The van der Waals surface area contributed by atoms with Gasteiger partial charge in [-0.2, -0.15) is 9.49 Å². The molecule has 2 N–H and O–H groups in total. The van der Waals surface area contributed by atoms with Crippen molar-refractivity contribution >= 4 is 0 Å². The maximum Gasteiger partial charge on any atom is 0.331 e. The summed E-state index contributed by atoms with van der Waals surface area (Å²) in [6, 6.07) is 1.61. The van der Waals surface area contributed by atoms with Gasteiger partial charge in [-0.05, 0) is 6.07 Å². The molecule has 0 saturated heterocycles. The Kier molecular flexibility index (Phi) is 2.54. The van der Waals surface area contributed by atoms with Crippen molar-refractivity contribution in [2.24, 2.45) is 7.05 Å². The molecule has 0 bridgehead atoms. The largest absolute Gasteiger partial charge is 0.492 e. The molecule has 0 amide bonds. The molecular formula is C9H9FN4O3. The lowest BCUT2D eigenvalue weighted by Crippen LogP contribution is -2.32. The summed E-state index contributed by atoms with van der Waals surface area (Å²) in [6.45, 7) is -0.126. The monoisotopic (exact) mass is 240 g/mol. The van der Waals surface area contributed by atoms with E-state index in [9.17, 15) is 19.1 Å². The van der Waals surface area contributed by atoms with Crippen molar-refractivity contribution in [1.29, 1.82) is 0 Å². The van der Waals surface area contributed by atoms with E-state index in [4.69, 9.17) is 0 Å². The zero-order chi connectivity index (χ0) is 12.6. The fraction of sp³-hybridized carbons (Fsp3) is 0.222. The molecular weight excluding hydrogens is 231 g/mol. The second kappa shape index (κ2) is 3.89. The molecule has 17 heavy (non-hydrogen) atoms. The van der Waals surface area contributed by atoms with Gasteiger partial charge in [-0.1, -0.05) is 0 Å². The van der Waals surface area contributed by atoms with Crippen LogP contribution < -0.4 is 11.2 Å². The third-order valence-electron chi connectivity index (χ3n) is 2.21. The number of H-pyrrole nitrogens is 1. The summed E-state index contributed by atoms with van der Waals surface area (Å²) in [6.07, 6.45) is 1.64. The number of aromatic amines is 1. The number of nitrogens with zero attached hydrogens (tertiary/aromatic N) is 3. The van der Waals surface area contributed by atoms with Crippen LogP contribution >= 0.6 is 0 Å². The molecule has 0 radical (unpaired) electrons. The van der Waals surface area contributed by atoms with Crippen LogP contribution in [0, 0.1) is 5.82 Å². The molecule has 0 aromatic carbocycles. The van der Waals surface area contributed by atoms with Crippen LogP contribution in [0.1, 0.15) is 5.69 Å². The molecule has 90 valence electrons. The van der Waals surface area contributed by atoms with Crippen molar-refractivity contribution in [3.63, 3.8) is 0 Å². The Morgan fingerprint density at radius 3 is 2.82 bits per heavy atom. The average molecular weight is 240 g/mol. The molecule has 0 aliphatic carbocycles. The molecule has 2 aromatic rings. The zero-order valence-corrected chi connectivity index (χ0v) is 8.85. The number of nitrogens with one attached hydrogen (secondary N) is 1. The first-order valence-electron chi connectivity index (χ1n) is 4.69. The van der Waals surface area contributed by atoms with Crippen LogP contribution in [0.15, 0.2) is 21.9 Å². The van der Waals surface area contributed by atoms with Crippen LogP contribution in [0.3, 0.4) is 0 Å². The number of aryl methyl sites for hydroxylation is 1. The van der Waals surface area contributed by atoms with Gasteiger partial charge in [0.15, 0.2) is 0 Å². The standard InChI is InChI=1S/C9H9FN4O3/c1-13-3-2-5(12-13)4-14-8(16)6(10)7(15)11-9(14)17/h2-3,16H,4H2,1H3,(H,11,15,17). The van der Waals surface area contributed by atoms with Crippen molar-refractivity contribution in [3.05, 3.63) is 44.6 Å². The molecule has 0 unspecified atom stereocenters. The number of aromatic nitrogens is 4. The highest BCUT2D eigenvalue weighted by atomic mass is 19.1. The first kappa shape index (κ1) is 11.1. The summed E-state index contributed by atoms with van der Waals surface area (Å²) in [4.78, 5) is 24.0. The zero-order valence-electron chi connectivity index (χ0n) is 8.85. The molecule has 2 aromatic heterocycles. The van der Waals surface area contributed by atoms with E-state index in [2.05, 4.69) is 5.10 Å². The minimum absolute atomic E-state index is 0.126. The second-order valence-corrected chi connectivity index (χ2v) is 3.46. The van der Waals surface area contributed by atoms with Crippen molar-refractivity contribution in [3.8, 4) is 5.88 Å². The summed E-state index contributed by atoms with van der Waals surface area (Å²) in [5.74, 6) is -2.38. The van der Waals surface area contributed by atoms with E-state index in [1.165, 1.54) is 4.68 Å². The van der Waals surface area contributed by atoms with E-state index in [-0.39, 0.29) is 6.54 Å². The van der Waals surface area contributed by atoms with E-state index < -0.39 is 22.9 Å². The summed E-state index contributed by atoms with van der Waals surface area (Å²) in [7, 11) is 1.68. The normalized spacial score (nSPS) is 10.7. The number of halogens is 1. The van der Waals surface area contributed by atoms with Gasteiger partial charge in [0.2, 0.25) is 11.7 Å². The highest BCUT2D eigenvalue weighted by Crippen LogP contribution is 2.09. The minimum Gasteiger partial charge on any atom is -0.492 e. The highest BCUT2D eigenvalue weighted by Gasteiger charge is 2.14. The summed E-state index contributed by atoms with van der Waals surface area (Å²) < 4.78 is 15.3. The van der Waals surface area contributed by atoms with Crippen molar-refractivity contribution in [2.45, 2.75) is 6.54 Å². The van der Waals surface area contributed by atoms with E-state index in [0.717, 1.165) is 0 Å². The molecule has 2 heterocycles. The SMILES string of the molecule is Cn1ccc(Cn2c(O)c(F)c(=O)[nH]c2=O)n1. The molecule has 0 saturated carbocycles. The molecule has 2 rings (SSSR count). The maximum absolute atomic E-state index is 13.1. The Morgan fingerprint density at radius 1 is 1.53 bits per heavy atom.